The number of hydrogen-bond donors (Lipinski definition) is 0. The zero-order valence-electron chi connectivity index (χ0n) is 13.6. The van der Waals surface area contributed by atoms with Crippen LogP contribution in [0.3, 0.4) is 0 Å². The predicted molar refractivity (Wildman–Crippen MR) is 81.2 cm³/mol. The first-order valence-corrected chi connectivity index (χ1v) is 8.07. The van der Waals surface area contributed by atoms with Crippen LogP contribution in [0.2, 0.25) is 0 Å². The van der Waals surface area contributed by atoms with E-state index in [0.717, 1.165) is 6.07 Å². The van der Waals surface area contributed by atoms with Gasteiger partial charge in [0, 0.05) is 24.8 Å². The van der Waals surface area contributed by atoms with E-state index in [2.05, 4.69) is 10.2 Å². The zero-order valence-corrected chi connectivity index (χ0v) is 13.6. The van der Waals surface area contributed by atoms with Crippen LogP contribution < -0.4 is 0 Å². The van der Waals surface area contributed by atoms with Gasteiger partial charge in [-0.2, -0.15) is 13.2 Å². The van der Waals surface area contributed by atoms with Crippen LogP contribution in [-0.2, 0) is 17.8 Å². The highest BCUT2D eigenvalue weighted by molar-refractivity contribution is 5.52. The summed E-state index contributed by atoms with van der Waals surface area (Å²) in [5, 5.41) is 7.46. The third-order valence-electron chi connectivity index (χ3n) is 4.60. The number of benzene rings is 1. The lowest BCUT2D eigenvalue weighted by Crippen LogP contribution is -2.19. The maximum absolute atomic E-state index is 14.2. The molecule has 1 aromatic carbocycles. The van der Waals surface area contributed by atoms with E-state index in [4.69, 9.17) is 0 Å². The molecule has 139 valence electrons. The molecule has 0 spiro atoms. The van der Waals surface area contributed by atoms with Crippen LogP contribution in [0.15, 0.2) is 18.2 Å². The molecule has 0 saturated carbocycles. The highest BCUT2D eigenvalue weighted by Crippen LogP contribution is 2.37. The third-order valence-corrected chi connectivity index (χ3v) is 4.60. The number of nitrogens with zero attached hydrogens (tertiary/aromatic N) is 3. The summed E-state index contributed by atoms with van der Waals surface area (Å²) in [5.74, 6) is -3.07. The minimum absolute atomic E-state index is 0.0104. The number of alkyl halides is 3. The summed E-state index contributed by atoms with van der Waals surface area (Å²) in [4.78, 5) is 10.8. The largest absolute Gasteiger partial charge is 0.396 e. The van der Waals surface area contributed by atoms with Crippen LogP contribution in [-0.4, -0.2) is 27.2 Å². The van der Waals surface area contributed by atoms with Gasteiger partial charge in [0.15, 0.2) is 17.9 Å². The first kappa shape index (κ1) is 18.5. The Morgan fingerprint density at radius 1 is 1.19 bits per heavy atom. The highest BCUT2D eigenvalue weighted by atomic mass is 19.4. The molecule has 0 fully saturated rings. The molecule has 1 aliphatic rings. The van der Waals surface area contributed by atoms with E-state index in [1.807, 2.05) is 0 Å². The smallest absolute Gasteiger partial charge is 0.314 e. The minimum atomic E-state index is -4.48. The Morgan fingerprint density at radius 3 is 2.65 bits per heavy atom. The SMILES string of the molecule is O=[C]C[C@H]1CC[C@H](c2cccc(F)c2F)Cn2c(CC(F)(F)F)nnc21. The first-order valence-electron chi connectivity index (χ1n) is 8.07. The van der Waals surface area contributed by atoms with Gasteiger partial charge in [-0.1, -0.05) is 12.1 Å². The number of aromatic nitrogens is 3. The lowest BCUT2D eigenvalue weighted by molar-refractivity contribution is -0.129. The standard InChI is InChI=1S/C17H15F5N3O/c18-13-3-1-2-12(15(13)19)11-5-4-10(6-7-26)16-24-23-14(25(16)9-11)8-17(20,21)22/h1-3,10-11H,4-6,8-9H2/t10-,11+/m1/s1. The average Bonchev–Trinajstić information content (AvgIpc) is 2.83. The van der Waals surface area contributed by atoms with Crippen LogP contribution in [0.1, 0.15) is 48.3 Å². The molecule has 0 N–H and O–H groups in total. The molecule has 2 atom stereocenters. The molecule has 0 bridgehead atoms. The van der Waals surface area contributed by atoms with Crippen molar-refractivity contribution in [3.05, 3.63) is 47.0 Å². The minimum Gasteiger partial charge on any atom is -0.314 e. The fourth-order valence-electron chi connectivity index (χ4n) is 3.39. The summed E-state index contributed by atoms with van der Waals surface area (Å²) in [5.41, 5.74) is 0.0957. The van der Waals surface area contributed by atoms with E-state index >= 15 is 0 Å². The molecule has 26 heavy (non-hydrogen) atoms. The Labute approximate surface area is 146 Å². The van der Waals surface area contributed by atoms with Gasteiger partial charge in [-0.05, 0) is 24.5 Å². The topological polar surface area (TPSA) is 47.8 Å². The molecule has 3 rings (SSSR count). The quantitative estimate of drug-likeness (QED) is 0.767. The van der Waals surface area contributed by atoms with Crippen LogP contribution in [0, 0.1) is 11.6 Å². The lowest BCUT2D eigenvalue weighted by atomic mass is 9.90. The molecule has 2 aromatic rings. The second kappa shape index (κ2) is 7.13. The molecule has 9 heteroatoms. The van der Waals surface area contributed by atoms with Crippen molar-refractivity contribution < 1.29 is 26.7 Å². The summed E-state index contributed by atoms with van der Waals surface area (Å²) in [6, 6.07) is 3.76. The number of fused-ring (bicyclic) bond motifs is 1. The molecule has 0 aliphatic carbocycles. The Balaban J connectivity index is 2.01. The zero-order chi connectivity index (χ0) is 18.9. The molecular weight excluding hydrogens is 357 g/mol. The normalized spacial score (nSPS) is 20.5. The monoisotopic (exact) mass is 372 g/mol. The average molecular weight is 372 g/mol. The van der Waals surface area contributed by atoms with Gasteiger partial charge in [0.25, 0.3) is 0 Å². The molecule has 0 unspecified atom stereocenters. The van der Waals surface area contributed by atoms with E-state index < -0.39 is 36.1 Å². The van der Waals surface area contributed by atoms with Crippen molar-refractivity contribution in [2.24, 2.45) is 0 Å². The van der Waals surface area contributed by atoms with Crippen LogP contribution in [0.5, 0.6) is 0 Å². The van der Waals surface area contributed by atoms with Gasteiger partial charge in [-0.3, -0.25) is 4.79 Å². The molecule has 0 amide bonds. The van der Waals surface area contributed by atoms with Crippen molar-refractivity contribution in [1.82, 2.24) is 14.8 Å². The van der Waals surface area contributed by atoms with Gasteiger partial charge in [0.05, 0.1) is 0 Å². The number of carbonyl (C=O) groups excluding carboxylic acids is 1. The van der Waals surface area contributed by atoms with Gasteiger partial charge in [-0.15, -0.1) is 10.2 Å². The summed E-state index contributed by atoms with van der Waals surface area (Å²) in [6.07, 6.45) is -3.29. The van der Waals surface area contributed by atoms with E-state index in [9.17, 15) is 26.7 Å². The van der Waals surface area contributed by atoms with Crippen molar-refractivity contribution in [2.45, 2.75) is 50.2 Å². The molecule has 0 saturated heterocycles. The Kier molecular flexibility index (Phi) is 5.06. The van der Waals surface area contributed by atoms with Crippen molar-refractivity contribution in [1.29, 1.82) is 0 Å². The van der Waals surface area contributed by atoms with E-state index in [0.29, 0.717) is 12.8 Å². The van der Waals surface area contributed by atoms with Gasteiger partial charge in [0.2, 0.25) is 0 Å². The highest BCUT2D eigenvalue weighted by Gasteiger charge is 2.35. The predicted octanol–water partition coefficient (Wildman–Crippen LogP) is 3.82. The number of halogens is 5. The van der Waals surface area contributed by atoms with E-state index in [1.54, 1.807) is 6.29 Å². The fourth-order valence-corrected chi connectivity index (χ4v) is 3.39. The first-order chi connectivity index (χ1) is 12.3. The Bertz CT molecular complexity index is 802. The van der Waals surface area contributed by atoms with Crippen molar-refractivity contribution >= 4 is 6.29 Å². The van der Waals surface area contributed by atoms with Crippen LogP contribution in [0.25, 0.3) is 0 Å². The molecule has 1 radical (unpaired) electrons. The maximum Gasteiger partial charge on any atom is 0.396 e. The maximum atomic E-state index is 14.2. The Morgan fingerprint density at radius 2 is 1.96 bits per heavy atom. The second-order valence-electron chi connectivity index (χ2n) is 6.34. The van der Waals surface area contributed by atoms with E-state index in [1.165, 1.54) is 16.7 Å². The van der Waals surface area contributed by atoms with E-state index in [-0.39, 0.29) is 30.2 Å². The summed E-state index contributed by atoms with van der Waals surface area (Å²) >= 11 is 0. The van der Waals surface area contributed by atoms with Crippen molar-refractivity contribution in [2.75, 3.05) is 0 Å². The van der Waals surface area contributed by atoms with Crippen molar-refractivity contribution in [3.8, 4) is 0 Å². The molecular formula is C17H15F5N3O. The van der Waals surface area contributed by atoms with Gasteiger partial charge >= 0.3 is 6.18 Å². The van der Waals surface area contributed by atoms with Gasteiger partial charge < -0.3 is 4.57 Å². The van der Waals surface area contributed by atoms with Crippen LogP contribution >= 0.6 is 0 Å². The molecule has 1 aliphatic heterocycles. The fraction of sp³-hybridized carbons (Fsp3) is 0.471. The van der Waals surface area contributed by atoms with Crippen LogP contribution in [0.4, 0.5) is 22.0 Å². The van der Waals surface area contributed by atoms with Gasteiger partial charge in [0.1, 0.15) is 18.1 Å². The summed E-state index contributed by atoms with van der Waals surface area (Å²) in [7, 11) is 0. The number of hydrogen-bond acceptors (Lipinski definition) is 3. The Hall–Kier alpha value is -2.32. The van der Waals surface area contributed by atoms with Crippen molar-refractivity contribution in [3.63, 3.8) is 0 Å². The lowest BCUT2D eigenvalue weighted by Gasteiger charge is -2.18. The van der Waals surface area contributed by atoms with Gasteiger partial charge in [-0.25, -0.2) is 8.78 Å². The third kappa shape index (κ3) is 3.76. The molecule has 1 aromatic heterocycles. The summed E-state index contributed by atoms with van der Waals surface area (Å²) < 4.78 is 67.5. The second-order valence-corrected chi connectivity index (χ2v) is 6.34. The molecule has 2 heterocycles. The number of rotatable bonds is 4. The molecule has 4 nitrogen and oxygen atoms in total. The summed E-state index contributed by atoms with van der Waals surface area (Å²) in [6.45, 7) is -0.0104.